The van der Waals surface area contributed by atoms with Crippen molar-refractivity contribution in [3.63, 3.8) is 0 Å². The quantitative estimate of drug-likeness (QED) is 0.603. The molecule has 0 unspecified atom stereocenters. The van der Waals surface area contributed by atoms with Gasteiger partial charge in [-0.25, -0.2) is 0 Å². The van der Waals surface area contributed by atoms with Crippen molar-refractivity contribution in [2.75, 3.05) is 0 Å². The second-order valence-electron chi connectivity index (χ2n) is 2.75. The Morgan fingerprint density at radius 1 is 1.47 bits per heavy atom. The smallest absolute Gasteiger partial charge is 0.258 e. The molecule has 0 aliphatic rings. The van der Waals surface area contributed by atoms with Crippen LogP contribution in [0.5, 0.6) is 0 Å². The lowest BCUT2D eigenvalue weighted by molar-refractivity contribution is -0.387. The van der Waals surface area contributed by atoms with Crippen LogP contribution in [-0.4, -0.2) is 13.3 Å². The molecule has 0 heterocycles. The first-order chi connectivity index (χ1) is 6.88. The molecule has 0 radical (unpaired) electrons. The standard InChI is InChI=1S/C7H6ClNO5S/c1-5-2-3-7(15(12,13)14-8)6(4-5)9(10)11/h2-4H,1H3. The fourth-order valence-electron chi connectivity index (χ4n) is 1.02. The lowest BCUT2D eigenvalue weighted by Gasteiger charge is -2.01. The van der Waals surface area contributed by atoms with Gasteiger partial charge in [0.1, 0.15) is 0 Å². The molecule has 0 saturated heterocycles. The largest absolute Gasteiger partial charge is 0.319 e. The summed E-state index contributed by atoms with van der Waals surface area (Å²) in [6.45, 7) is 1.60. The summed E-state index contributed by atoms with van der Waals surface area (Å²) >= 11 is 4.73. The summed E-state index contributed by atoms with van der Waals surface area (Å²) in [6.07, 6.45) is 0. The van der Waals surface area contributed by atoms with Gasteiger partial charge in [0.2, 0.25) is 0 Å². The van der Waals surface area contributed by atoms with E-state index in [9.17, 15) is 18.5 Å². The number of benzene rings is 1. The SMILES string of the molecule is Cc1ccc(S(=O)(=O)OCl)c([N+](=O)[O-])c1. The van der Waals surface area contributed by atoms with E-state index in [2.05, 4.69) is 3.74 Å². The molecule has 0 saturated carbocycles. The summed E-state index contributed by atoms with van der Waals surface area (Å²) in [4.78, 5) is 9.21. The zero-order valence-corrected chi connectivity index (χ0v) is 9.08. The van der Waals surface area contributed by atoms with Gasteiger partial charge in [-0.3, -0.25) is 10.1 Å². The molecule has 1 rings (SSSR count). The van der Waals surface area contributed by atoms with Gasteiger partial charge in [-0.05, 0) is 18.6 Å². The number of halogens is 1. The van der Waals surface area contributed by atoms with E-state index in [0.717, 1.165) is 12.1 Å². The van der Waals surface area contributed by atoms with E-state index in [1.165, 1.54) is 6.07 Å². The number of hydrogen-bond donors (Lipinski definition) is 0. The Labute approximate surface area is 90.9 Å². The molecule has 8 heteroatoms. The van der Waals surface area contributed by atoms with Gasteiger partial charge in [-0.2, -0.15) is 12.2 Å². The van der Waals surface area contributed by atoms with Crippen molar-refractivity contribution in [1.29, 1.82) is 0 Å². The van der Waals surface area contributed by atoms with E-state index in [1.807, 2.05) is 0 Å². The van der Waals surface area contributed by atoms with Crippen molar-refractivity contribution in [3.05, 3.63) is 33.9 Å². The summed E-state index contributed by atoms with van der Waals surface area (Å²) in [6, 6.07) is 3.61. The molecule has 0 atom stereocenters. The number of nitrogens with zero attached hydrogens (tertiary/aromatic N) is 1. The first-order valence-corrected chi connectivity index (χ1v) is 5.40. The first kappa shape index (κ1) is 11.9. The highest BCUT2D eigenvalue weighted by Crippen LogP contribution is 2.26. The van der Waals surface area contributed by atoms with Gasteiger partial charge in [-0.15, -0.1) is 0 Å². The minimum atomic E-state index is -4.27. The van der Waals surface area contributed by atoms with E-state index in [-0.39, 0.29) is 0 Å². The zero-order chi connectivity index (χ0) is 11.6. The monoisotopic (exact) mass is 251 g/mol. The highest BCUT2D eigenvalue weighted by Gasteiger charge is 2.26. The molecule has 0 aromatic heterocycles. The van der Waals surface area contributed by atoms with Gasteiger partial charge >= 0.3 is 10.1 Å². The average Bonchev–Trinajstić information content (AvgIpc) is 2.17. The maximum atomic E-state index is 11.2. The number of nitro groups is 1. The van der Waals surface area contributed by atoms with Gasteiger partial charge in [0.05, 0.1) is 16.8 Å². The molecule has 6 nitrogen and oxygen atoms in total. The Balaban J connectivity index is 3.49. The number of nitro benzene ring substituents is 1. The topological polar surface area (TPSA) is 86.5 Å². The molecular weight excluding hydrogens is 246 g/mol. The predicted molar refractivity (Wildman–Crippen MR) is 52.0 cm³/mol. The molecular formula is C7H6ClNO5S. The lowest BCUT2D eigenvalue weighted by atomic mass is 10.2. The summed E-state index contributed by atoms with van der Waals surface area (Å²) in [5.74, 6) is 0. The van der Waals surface area contributed by atoms with Crippen molar-refractivity contribution in [3.8, 4) is 0 Å². The molecule has 0 aliphatic carbocycles. The third-order valence-corrected chi connectivity index (χ3v) is 3.21. The molecule has 0 fully saturated rings. The van der Waals surface area contributed by atoms with Crippen molar-refractivity contribution in [2.24, 2.45) is 0 Å². The second-order valence-corrected chi connectivity index (χ2v) is 4.60. The van der Waals surface area contributed by atoms with Crippen molar-refractivity contribution < 1.29 is 17.1 Å². The molecule has 0 bridgehead atoms. The van der Waals surface area contributed by atoms with Crippen molar-refractivity contribution in [2.45, 2.75) is 11.8 Å². The van der Waals surface area contributed by atoms with Gasteiger partial charge in [0.15, 0.2) is 4.90 Å². The lowest BCUT2D eigenvalue weighted by Crippen LogP contribution is -2.04. The van der Waals surface area contributed by atoms with Gasteiger partial charge in [-0.1, -0.05) is 6.07 Å². The van der Waals surface area contributed by atoms with E-state index >= 15 is 0 Å². The third-order valence-electron chi connectivity index (χ3n) is 1.66. The Morgan fingerprint density at radius 2 is 2.07 bits per heavy atom. The minimum Gasteiger partial charge on any atom is -0.258 e. The Kier molecular flexibility index (Phi) is 3.28. The van der Waals surface area contributed by atoms with Crippen LogP contribution in [0.3, 0.4) is 0 Å². The second kappa shape index (κ2) is 4.13. The summed E-state index contributed by atoms with van der Waals surface area (Å²) in [5, 5.41) is 10.6. The van der Waals surface area contributed by atoms with Crippen LogP contribution in [0.25, 0.3) is 0 Å². The molecule has 15 heavy (non-hydrogen) atoms. The minimum absolute atomic E-state index is 0.560. The van der Waals surface area contributed by atoms with Crippen molar-refractivity contribution >= 4 is 27.7 Å². The first-order valence-electron chi connectivity index (χ1n) is 3.69. The van der Waals surface area contributed by atoms with Crippen LogP contribution in [0, 0.1) is 17.0 Å². The summed E-state index contributed by atoms with van der Waals surface area (Å²) < 4.78 is 26.1. The van der Waals surface area contributed by atoms with E-state index in [4.69, 9.17) is 11.9 Å². The van der Waals surface area contributed by atoms with Crippen LogP contribution in [0.15, 0.2) is 23.1 Å². The Morgan fingerprint density at radius 3 is 2.53 bits per heavy atom. The predicted octanol–water partition coefficient (Wildman–Crippen LogP) is 1.76. The van der Waals surface area contributed by atoms with Crippen molar-refractivity contribution in [1.82, 2.24) is 0 Å². The van der Waals surface area contributed by atoms with E-state index in [0.29, 0.717) is 5.56 Å². The molecule has 1 aromatic carbocycles. The highest BCUT2D eigenvalue weighted by molar-refractivity contribution is 7.87. The van der Waals surface area contributed by atoms with Crippen LogP contribution in [0.2, 0.25) is 0 Å². The van der Waals surface area contributed by atoms with Crippen LogP contribution >= 0.6 is 11.9 Å². The molecule has 1 aromatic rings. The normalized spacial score (nSPS) is 11.3. The van der Waals surface area contributed by atoms with Crippen LogP contribution in [-0.2, 0) is 13.9 Å². The van der Waals surface area contributed by atoms with Crippen LogP contribution in [0.4, 0.5) is 5.69 Å². The zero-order valence-electron chi connectivity index (χ0n) is 7.51. The fraction of sp³-hybridized carbons (Fsp3) is 0.143. The fourth-order valence-corrected chi connectivity index (χ4v) is 1.91. The average molecular weight is 252 g/mol. The maximum absolute atomic E-state index is 11.2. The molecule has 82 valence electrons. The number of aryl methyl sites for hydroxylation is 1. The summed E-state index contributed by atoms with van der Waals surface area (Å²) in [7, 11) is -4.27. The van der Waals surface area contributed by atoms with E-state index in [1.54, 1.807) is 6.92 Å². The van der Waals surface area contributed by atoms with Gasteiger partial charge in [0, 0.05) is 6.07 Å². The van der Waals surface area contributed by atoms with Gasteiger partial charge < -0.3 is 0 Å². The highest BCUT2D eigenvalue weighted by atomic mass is 35.5. The Bertz CT molecular complexity index is 498. The molecule has 0 spiro atoms. The Hall–Kier alpha value is -1.18. The third kappa shape index (κ3) is 2.44. The molecule has 0 aliphatic heterocycles. The number of hydrogen-bond acceptors (Lipinski definition) is 5. The van der Waals surface area contributed by atoms with Crippen LogP contribution < -0.4 is 0 Å². The number of rotatable bonds is 3. The molecule has 0 N–H and O–H groups in total. The maximum Gasteiger partial charge on any atom is 0.319 e. The van der Waals surface area contributed by atoms with E-state index < -0.39 is 25.6 Å². The summed E-state index contributed by atoms with van der Waals surface area (Å²) in [5.41, 5.74) is 0.00544. The molecule has 0 amide bonds. The van der Waals surface area contributed by atoms with Crippen LogP contribution in [0.1, 0.15) is 5.56 Å². The van der Waals surface area contributed by atoms with Gasteiger partial charge in [0.25, 0.3) is 5.69 Å².